The first-order valence-electron chi connectivity index (χ1n) is 9.92. The Kier molecular flexibility index (Phi) is 11.0. The van der Waals surface area contributed by atoms with Crippen molar-refractivity contribution in [2.75, 3.05) is 13.2 Å². The van der Waals surface area contributed by atoms with E-state index in [9.17, 15) is 14.2 Å². The van der Waals surface area contributed by atoms with Crippen LogP contribution in [0.2, 0.25) is 0 Å². The highest BCUT2D eigenvalue weighted by atomic mass is 31.2. The summed E-state index contributed by atoms with van der Waals surface area (Å²) >= 11 is 0. The van der Waals surface area contributed by atoms with E-state index in [4.69, 9.17) is 14.8 Å². The van der Waals surface area contributed by atoms with Crippen molar-refractivity contribution in [2.45, 2.75) is 65.1 Å². The lowest BCUT2D eigenvalue weighted by Gasteiger charge is -2.17. The van der Waals surface area contributed by atoms with Crippen LogP contribution in [0.1, 0.15) is 68.8 Å². The van der Waals surface area contributed by atoms with E-state index in [1.165, 1.54) is 0 Å². The van der Waals surface area contributed by atoms with Crippen molar-refractivity contribution in [1.82, 2.24) is 5.32 Å². The molecule has 1 aromatic rings. The largest absolute Gasteiger partial charge is 0.368 e. The fraction of sp³-hybridized carbons (Fsp3) is 0.600. The summed E-state index contributed by atoms with van der Waals surface area (Å²) in [6.45, 7) is 6.22. The molecule has 8 heteroatoms. The van der Waals surface area contributed by atoms with Gasteiger partial charge in [0.1, 0.15) is 6.04 Å². The van der Waals surface area contributed by atoms with Gasteiger partial charge in [-0.3, -0.25) is 14.2 Å². The fourth-order valence-electron chi connectivity index (χ4n) is 2.81. The average molecular weight is 412 g/mol. The number of amides is 2. The summed E-state index contributed by atoms with van der Waals surface area (Å²) in [5.74, 6) is -0.889. The summed E-state index contributed by atoms with van der Waals surface area (Å²) in [4.78, 5) is 24.0. The third-order valence-electron chi connectivity index (χ3n) is 4.24. The average Bonchev–Trinajstić information content (AvgIpc) is 2.64. The first-order valence-corrected chi connectivity index (χ1v) is 11.6. The van der Waals surface area contributed by atoms with E-state index >= 15 is 0 Å². The van der Waals surface area contributed by atoms with Crippen molar-refractivity contribution >= 4 is 19.4 Å². The molecule has 0 bridgehead atoms. The van der Waals surface area contributed by atoms with Crippen LogP contribution in [-0.4, -0.2) is 31.1 Å². The smallest absolute Gasteiger partial charge is 0.335 e. The SMILES string of the molecule is CCCCCC[C@@H](NC(=O)c1ccc(CP(=O)(OCC)OCC)cc1)C(N)=O. The first kappa shape index (κ1) is 24.3. The van der Waals surface area contributed by atoms with Crippen molar-refractivity contribution < 1.29 is 23.2 Å². The van der Waals surface area contributed by atoms with Crippen molar-refractivity contribution in [3.63, 3.8) is 0 Å². The number of nitrogens with two attached hydrogens (primary N) is 1. The van der Waals surface area contributed by atoms with E-state index in [0.29, 0.717) is 25.2 Å². The second kappa shape index (κ2) is 12.7. The van der Waals surface area contributed by atoms with Crippen LogP contribution in [0, 0.1) is 0 Å². The van der Waals surface area contributed by atoms with Crippen LogP contribution < -0.4 is 11.1 Å². The summed E-state index contributed by atoms with van der Waals surface area (Å²) in [7, 11) is -3.20. The van der Waals surface area contributed by atoms with Gasteiger partial charge in [-0.15, -0.1) is 0 Å². The van der Waals surface area contributed by atoms with Gasteiger partial charge in [0.25, 0.3) is 5.91 Å². The molecule has 0 aliphatic heterocycles. The van der Waals surface area contributed by atoms with Crippen molar-refractivity contribution in [3.05, 3.63) is 35.4 Å². The van der Waals surface area contributed by atoms with E-state index in [-0.39, 0.29) is 12.1 Å². The van der Waals surface area contributed by atoms with Crippen LogP contribution in [0.3, 0.4) is 0 Å². The molecule has 3 N–H and O–H groups in total. The lowest BCUT2D eigenvalue weighted by atomic mass is 10.1. The Bertz CT molecular complexity index is 653. The molecular formula is C20H33N2O5P. The molecule has 1 rings (SSSR count). The Morgan fingerprint density at radius 2 is 1.64 bits per heavy atom. The molecule has 0 aliphatic carbocycles. The van der Waals surface area contributed by atoms with Gasteiger partial charge in [0.05, 0.1) is 19.4 Å². The lowest BCUT2D eigenvalue weighted by molar-refractivity contribution is -0.120. The Morgan fingerprint density at radius 1 is 1.04 bits per heavy atom. The number of nitrogens with one attached hydrogen (secondary N) is 1. The number of benzene rings is 1. The quantitative estimate of drug-likeness (QED) is 0.355. The van der Waals surface area contributed by atoms with Crippen LogP contribution in [0.5, 0.6) is 0 Å². The number of unbranched alkanes of at least 4 members (excludes halogenated alkanes) is 3. The summed E-state index contributed by atoms with van der Waals surface area (Å²) in [6.07, 6.45) is 4.70. The van der Waals surface area contributed by atoms with Crippen LogP contribution in [-0.2, 0) is 24.6 Å². The first-order chi connectivity index (χ1) is 13.3. The van der Waals surface area contributed by atoms with Crippen molar-refractivity contribution in [3.8, 4) is 0 Å². The molecule has 7 nitrogen and oxygen atoms in total. The highest BCUT2D eigenvalue weighted by Gasteiger charge is 2.24. The predicted molar refractivity (Wildman–Crippen MR) is 110 cm³/mol. The molecule has 1 atom stereocenters. The van der Waals surface area contributed by atoms with E-state index in [1.807, 2.05) is 0 Å². The van der Waals surface area contributed by atoms with Crippen LogP contribution in [0.4, 0.5) is 0 Å². The van der Waals surface area contributed by atoms with E-state index in [2.05, 4.69) is 12.2 Å². The van der Waals surface area contributed by atoms with Gasteiger partial charge in [0, 0.05) is 5.56 Å². The van der Waals surface area contributed by atoms with Gasteiger partial charge in [0.2, 0.25) is 5.91 Å². The zero-order chi connectivity index (χ0) is 21.0. The topological polar surface area (TPSA) is 108 Å². The lowest BCUT2D eigenvalue weighted by Crippen LogP contribution is -2.44. The maximum Gasteiger partial charge on any atom is 0.335 e. The number of rotatable bonds is 14. The third-order valence-corrected chi connectivity index (χ3v) is 6.29. The summed E-state index contributed by atoms with van der Waals surface area (Å²) < 4.78 is 23.2. The van der Waals surface area contributed by atoms with Gasteiger partial charge in [-0.05, 0) is 38.0 Å². The van der Waals surface area contributed by atoms with Gasteiger partial charge in [-0.1, -0.05) is 44.7 Å². The minimum Gasteiger partial charge on any atom is -0.368 e. The molecule has 0 saturated carbocycles. The number of hydrogen-bond acceptors (Lipinski definition) is 5. The van der Waals surface area contributed by atoms with E-state index < -0.39 is 19.5 Å². The molecule has 158 valence electrons. The highest BCUT2D eigenvalue weighted by molar-refractivity contribution is 7.53. The summed E-state index contributed by atoms with van der Waals surface area (Å²) in [5, 5.41) is 2.70. The van der Waals surface area contributed by atoms with Gasteiger partial charge >= 0.3 is 7.60 Å². The highest BCUT2D eigenvalue weighted by Crippen LogP contribution is 2.51. The zero-order valence-electron chi connectivity index (χ0n) is 17.1. The van der Waals surface area contributed by atoms with E-state index in [0.717, 1.165) is 31.2 Å². The van der Waals surface area contributed by atoms with Crippen molar-refractivity contribution in [1.29, 1.82) is 0 Å². The fourth-order valence-corrected chi connectivity index (χ4v) is 4.51. The van der Waals surface area contributed by atoms with Crippen LogP contribution in [0.15, 0.2) is 24.3 Å². The maximum atomic E-state index is 12.6. The number of carbonyl (C=O) groups excluding carboxylic acids is 2. The zero-order valence-corrected chi connectivity index (χ0v) is 18.0. The Hall–Kier alpha value is -1.69. The molecule has 0 radical (unpaired) electrons. The number of hydrogen-bond donors (Lipinski definition) is 2. The molecule has 28 heavy (non-hydrogen) atoms. The van der Waals surface area contributed by atoms with Gasteiger partial charge in [-0.2, -0.15) is 0 Å². The minimum atomic E-state index is -3.20. The molecule has 0 saturated heterocycles. The Balaban J connectivity index is 2.71. The van der Waals surface area contributed by atoms with Gasteiger partial charge < -0.3 is 20.1 Å². The Morgan fingerprint density at radius 3 is 2.14 bits per heavy atom. The van der Waals surface area contributed by atoms with Gasteiger partial charge in [-0.25, -0.2) is 0 Å². The molecule has 0 aliphatic rings. The molecule has 0 unspecified atom stereocenters. The second-order valence-electron chi connectivity index (χ2n) is 6.58. The molecule has 0 heterocycles. The van der Waals surface area contributed by atoms with Crippen molar-refractivity contribution in [2.24, 2.45) is 5.73 Å². The third kappa shape index (κ3) is 8.55. The van der Waals surface area contributed by atoms with Crippen LogP contribution >= 0.6 is 7.60 Å². The number of carbonyl (C=O) groups is 2. The van der Waals surface area contributed by atoms with E-state index in [1.54, 1.807) is 38.1 Å². The summed E-state index contributed by atoms with van der Waals surface area (Å²) in [5.41, 5.74) is 6.57. The van der Waals surface area contributed by atoms with Gasteiger partial charge in [0.15, 0.2) is 0 Å². The normalized spacial score (nSPS) is 12.5. The van der Waals surface area contributed by atoms with Crippen LogP contribution in [0.25, 0.3) is 0 Å². The molecule has 1 aromatic carbocycles. The monoisotopic (exact) mass is 412 g/mol. The summed E-state index contributed by atoms with van der Waals surface area (Å²) in [6, 6.07) is 5.99. The Labute approximate surface area is 167 Å². The maximum absolute atomic E-state index is 12.6. The molecule has 2 amide bonds. The predicted octanol–water partition coefficient (Wildman–Crippen LogP) is 4.01. The minimum absolute atomic E-state index is 0.137. The second-order valence-corrected chi connectivity index (χ2v) is 8.63. The standard InChI is InChI=1S/C20H33N2O5P/c1-4-7-8-9-10-18(19(21)23)22-20(24)17-13-11-16(12-14-17)15-28(25,26-5-2)27-6-3/h11-14,18H,4-10,15H2,1-3H3,(H2,21,23)(H,22,24)/t18-/m1/s1. The molecule has 0 aromatic heterocycles. The molecular weight excluding hydrogens is 379 g/mol. The molecule has 0 spiro atoms. The number of primary amides is 1. The molecule has 0 fully saturated rings.